The minimum atomic E-state index is -0.914. The van der Waals surface area contributed by atoms with Crippen LogP contribution in [0.1, 0.15) is 25.0 Å². The van der Waals surface area contributed by atoms with Crippen LogP contribution < -0.4 is 5.73 Å². The summed E-state index contributed by atoms with van der Waals surface area (Å²) >= 11 is 0. The molecule has 1 atom stereocenters. The van der Waals surface area contributed by atoms with Gasteiger partial charge in [-0.05, 0) is 31.9 Å². The van der Waals surface area contributed by atoms with Crippen molar-refractivity contribution in [2.75, 3.05) is 5.75 Å². The van der Waals surface area contributed by atoms with Gasteiger partial charge in [-0.25, -0.2) is 0 Å². The maximum absolute atomic E-state index is 11.7. The quantitative estimate of drug-likeness (QED) is 0.843. The Labute approximate surface area is 93.6 Å². The van der Waals surface area contributed by atoms with Crippen molar-refractivity contribution in [1.82, 2.24) is 4.98 Å². The minimum absolute atomic E-state index is 0.373. The number of hydrogen-bond acceptors (Lipinski definition) is 3. The monoisotopic (exact) mass is 226 g/mol. The molecule has 2 N–H and O–H groups in total. The van der Waals surface area contributed by atoms with Crippen LogP contribution in [-0.2, 0) is 16.6 Å². The van der Waals surface area contributed by atoms with Crippen molar-refractivity contribution in [2.24, 2.45) is 5.73 Å². The van der Waals surface area contributed by atoms with E-state index < -0.39 is 10.8 Å². The molecule has 0 aliphatic carbocycles. The number of hydrogen-bond donors (Lipinski definition) is 1. The van der Waals surface area contributed by atoms with Crippen LogP contribution in [0.5, 0.6) is 0 Å². The number of pyridine rings is 1. The summed E-state index contributed by atoms with van der Waals surface area (Å²) in [5.41, 5.74) is 7.54. The van der Waals surface area contributed by atoms with Crippen molar-refractivity contribution in [2.45, 2.75) is 32.1 Å². The zero-order valence-corrected chi connectivity index (χ0v) is 10.3. The van der Waals surface area contributed by atoms with E-state index in [0.717, 1.165) is 11.1 Å². The molecule has 0 bridgehead atoms. The minimum Gasteiger partial charge on any atom is -0.325 e. The van der Waals surface area contributed by atoms with Crippen LogP contribution in [0.4, 0.5) is 0 Å². The van der Waals surface area contributed by atoms with Gasteiger partial charge in [0.1, 0.15) is 0 Å². The SMILES string of the molecule is Cc1cncc(CS(=O)CC(C)(C)N)c1. The van der Waals surface area contributed by atoms with Gasteiger partial charge < -0.3 is 5.73 Å². The summed E-state index contributed by atoms with van der Waals surface area (Å²) < 4.78 is 11.7. The fourth-order valence-electron chi connectivity index (χ4n) is 1.35. The average molecular weight is 226 g/mol. The van der Waals surface area contributed by atoms with E-state index in [4.69, 9.17) is 5.73 Å². The van der Waals surface area contributed by atoms with Gasteiger partial charge in [-0.1, -0.05) is 6.07 Å². The molecule has 15 heavy (non-hydrogen) atoms. The lowest BCUT2D eigenvalue weighted by Crippen LogP contribution is -2.38. The molecule has 0 amide bonds. The third-order valence-electron chi connectivity index (χ3n) is 1.79. The van der Waals surface area contributed by atoms with E-state index in [1.54, 1.807) is 12.4 Å². The second-order valence-electron chi connectivity index (χ2n) is 4.59. The van der Waals surface area contributed by atoms with Crippen molar-refractivity contribution >= 4 is 10.8 Å². The number of rotatable bonds is 4. The lowest BCUT2D eigenvalue weighted by atomic mass is 10.1. The summed E-state index contributed by atoms with van der Waals surface area (Å²) in [6.45, 7) is 5.76. The molecule has 1 rings (SSSR count). The summed E-state index contributed by atoms with van der Waals surface area (Å²) in [7, 11) is -0.914. The smallest absolute Gasteiger partial charge is 0.0501 e. The highest BCUT2D eigenvalue weighted by Gasteiger charge is 2.15. The lowest BCUT2D eigenvalue weighted by Gasteiger charge is -2.17. The second-order valence-corrected chi connectivity index (χ2v) is 6.04. The van der Waals surface area contributed by atoms with Gasteiger partial charge in [0.2, 0.25) is 0 Å². The van der Waals surface area contributed by atoms with Crippen LogP contribution >= 0.6 is 0 Å². The predicted octanol–water partition coefficient (Wildman–Crippen LogP) is 1.38. The van der Waals surface area contributed by atoms with E-state index in [1.807, 2.05) is 26.8 Å². The van der Waals surface area contributed by atoms with Crippen LogP contribution in [0, 0.1) is 6.92 Å². The molecular weight excluding hydrogens is 208 g/mol. The molecule has 4 heteroatoms. The van der Waals surface area contributed by atoms with Gasteiger partial charge in [0.15, 0.2) is 0 Å². The van der Waals surface area contributed by atoms with Crippen molar-refractivity contribution in [3.63, 3.8) is 0 Å². The summed E-state index contributed by atoms with van der Waals surface area (Å²) in [6.07, 6.45) is 3.55. The van der Waals surface area contributed by atoms with E-state index >= 15 is 0 Å². The maximum atomic E-state index is 11.7. The fraction of sp³-hybridized carbons (Fsp3) is 0.545. The molecule has 1 heterocycles. The number of aryl methyl sites for hydroxylation is 1. The second kappa shape index (κ2) is 4.86. The van der Waals surface area contributed by atoms with Crippen molar-refractivity contribution in [3.05, 3.63) is 29.6 Å². The normalized spacial score (nSPS) is 13.9. The first kappa shape index (κ1) is 12.3. The molecule has 1 unspecified atom stereocenters. The highest BCUT2D eigenvalue weighted by atomic mass is 32.2. The van der Waals surface area contributed by atoms with Gasteiger partial charge in [-0.3, -0.25) is 9.19 Å². The molecule has 0 fully saturated rings. The first-order chi connectivity index (χ1) is 6.87. The third-order valence-corrected chi connectivity index (χ3v) is 3.51. The zero-order chi connectivity index (χ0) is 11.5. The summed E-state index contributed by atoms with van der Waals surface area (Å²) in [5, 5.41) is 0. The maximum Gasteiger partial charge on any atom is 0.0501 e. The first-order valence-electron chi connectivity index (χ1n) is 4.91. The fourth-order valence-corrected chi connectivity index (χ4v) is 2.81. The summed E-state index contributed by atoms with van der Waals surface area (Å²) in [6, 6.07) is 2.01. The molecule has 0 aliphatic heterocycles. The summed E-state index contributed by atoms with van der Waals surface area (Å²) in [5.74, 6) is 1.05. The first-order valence-corrected chi connectivity index (χ1v) is 6.40. The molecule has 1 aromatic heterocycles. The molecule has 1 aromatic rings. The van der Waals surface area contributed by atoms with Crippen LogP contribution in [0.2, 0.25) is 0 Å². The highest BCUT2D eigenvalue weighted by Crippen LogP contribution is 2.08. The van der Waals surface area contributed by atoms with E-state index in [1.165, 1.54) is 0 Å². The number of nitrogens with zero attached hydrogens (tertiary/aromatic N) is 1. The molecular formula is C11H18N2OS. The van der Waals surface area contributed by atoms with Crippen molar-refractivity contribution in [1.29, 1.82) is 0 Å². The Bertz CT molecular complexity index is 358. The Morgan fingerprint density at radius 2 is 2.13 bits per heavy atom. The summed E-state index contributed by atoms with van der Waals surface area (Å²) in [4.78, 5) is 4.07. The van der Waals surface area contributed by atoms with Gasteiger partial charge in [0.25, 0.3) is 0 Å². The van der Waals surface area contributed by atoms with E-state index in [0.29, 0.717) is 11.5 Å². The lowest BCUT2D eigenvalue weighted by molar-refractivity contribution is 0.577. The van der Waals surface area contributed by atoms with Gasteiger partial charge in [0, 0.05) is 34.5 Å². The van der Waals surface area contributed by atoms with E-state index in [-0.39, 0.29) is 5.54 Å². The van der Waals surface area contributed by atoms with Crippen LogP contribution in [0.25, 0.3) is 0 Å². The molecule has 84 valence electrons. The Morgan fingerprint density at radius 1 is 1.47 bits per heavy atom. The topological polar surface area (TPSA) is 56.0 Å². The molecule has 0 aliphatic rings. The van der Waals surface area contributed by atoms with E-state index in [2.05, 4.69) is 4.98 Å². The van der Waals surface area contributed by atoms with Gasteiger partial charge in [0.05, 0.1) is 5.75 Å². The van der Waals surface area contributed by atoms with Gasteiger partial charge >= 0.3 is 0 Å². The predicted molar refractivity (Wildman–Crippen MR) is 64.0 cm³/mol. The zero-order valence-electron chi connectivity index (χ0n) is 9.49. The van der Waals surface area contributed by atoms with Crippen LogP contribution in [-0.4, -0.2) is 20.5 Å². The van der Waals surface area contributed by atoms with Crippen LogP contribution in [0.15, 0.2) is 18.5 Å². The molecule has 0 saturated carbocycles. The molecule has 3 nitrogen and oxygen atoms in total. The number of aromatic nitrogens is 1. The molecule has 0 spiro atoms. The Balaban J connectivity index is 2.59. The van der Waals surface area contributed by atoms with Crippen molar-refractivity contribution < 1.29 is 4.21 Å². The Hall–Kier alpha value is -0.740. The largest absolute Gasteiger partial charge is 0.325 e. The van der Waals surface area contributed by atoms with E-state index in [9.17, 15) is 4.21 Å². The molecule has 0 saturated heterocycles. The Morgan fingerprint density at radius 3 is 2.67 bits per heavy atom. The highest BCUT2D eigenvalue weighted by molar-refractivity contribution is 7.84. The Kier molecular flexibility index (Phi) is 3.99. The van der Waals surface area contributed by atoms with Crippen molar-refractivity contribution in [3.8, 4) is 0 Å². The molecule has 0 radical (unpaired) electrons. The number of nitrogens with two attached hydrogens (primary N) is 1. The molecule has 0 aromatic carbocycles. The third kappa shape index (κ3) is 5.04. The van der Waals surface area contributed by atoms with Gasteiger partial charge in [-0.2, -0.15) is 0 Å². The van der Waals surface area contributed by atoms with Crippen LogP contribution in [0.3, 0.4) is 0 Å². The standard InChI is InChI=1S/C11H18N2OS/c1-9-4-10(6-13-5-9)7-15(14)8-11(2,3)12/h4-6H,7-8,12H2,1-3H3. The average Bonchev–Trinajstić information content (AvgIpc) is 1.99. The van der Waals surface area contributed by atoms with Gasteiger partial charge in [-0.15, -0.1) is 0 Å².